The van der Waals surface area contributed by atoms with Gasteiger partial charge in [0, 0.05) is 6.42 Å². The minimum absolute atomic E-state index is 0.104. The van der Waals surface area contributed by atoms with Gasteiger partial charge in [0.2, 0.25) is 11.1 Å². The molecule has 0 unspecified atom stereocenters. The number of carbonyl (C=O) groups is 1. The van der Waals surface area contributed by atoms with E-state index in [1.54, 1.807) is 6.26 Å². The van der Waals surface area contributed by atoms with Crippen LogP contribution in [0.2, 0.25) is 0 Å². The Kier molecular flexibility index (Phi) is 5.32. The lowest BCUT2D eigenvalue weighted by Gasteiger charge is -2.16. The molecule has 24 heavy (non-hydrogen) atoms. The molecule has 124 valence electrons. The van der Waals surface area contributed by atoms with Gasteiger partial charge < -0.3 is 9.73 Å². The molecule has 0 aliphatic carbocycles. The van der Waals surface area contributed by atoms with Gasteiger partial charge in [0.05, 0.1) is 12.0 Å². The summed E-state index contributed by atoms with van der Waals surface area (Å²) < 4.78 is 5.48. The maximum Gasteiger partial charge on any atom is 0.231 e. The Morgan fingerprint density at radius 3 is 2.79 bits per heavy atom. The molecule has 2 N–H and O–H groups in total. The number of benzene rings is 1. The van der Waals surface area contributed by atoms with Crippen molar-refractivity contribution in [1.82, 2.24) is 20.5 Å². The lowest BCUT2D eigenvalue weighted by molar-refractivity contribution is -0.119. The fraction of sp³-hybridized carbons (Fsp3) is 0.235. The van der Waals surface area contributed by atoms with E-state index in [9.17, 15) is 4.79 Å². The highest BCUT2D eigenvalue weighted by Gasteiger charge is 2.19. The standard InChI is InChI=1S/C17H18N4O2S/c1-2-14-18-17(21-20-14)24-11-15(22)19-16(13-9-6-10-23-13)12-7-4-3-5-8-12/h3-10,16H,2,11H2,1H3,(H,19,22)(H,18,20,21)/t16-/m0/s1. The Morgan fingerprint density at radius 2 is 2.12 bits per heavy atom. The second-order valence-corrected chi connectivity index (χ2v) is 6.08. The fourth-order valence-corrected chi connectivity index (χ4v) is 2.88. The van der Waals surface area contributed by atoms with Gasteiger partial charge in [-0.25, -0.2) is 4.98 Å². The number of carbonyl (C=O) groups excluding carboxylic acids is 1. The molecule has 1 aromatic carbocycles. The Bertz CT molecular complexity index is 771. The van der Waals surface area contributed by atoms with Gasteiger partial charge in [-0.05, 0) is 17.7 Å². The van der Waals surface area contributed by atoms with E-state index in [0.29, 0.717) is 10.9 Å². The molecule has 0 fully saturated rings. The molecular formula is C17H18N4O2S. The number of aromatic amines is 1. The quantitative estimate of drug-likeness (QED) is 0.645. The molecular weight excluding hydrogens is 324 g/mol. The smallest absolute Gasteiger partial charge is 0.231 e. The Morgan fingerprint density at radius 1 is 1.29 bits per heavy atom. The lowest BCUT2D eigenvalue weighted by Crippen LogP contribution is -2.30. The first-order valence-electron chi connectivity index (χ1n) is 7.68. The largest absolute Gasteiger partial charge is 0.467 e. The maximum atomic E-state index is 12.3. The molecule has 0 spiro atoms. The number of rotatable bonds is 7. The fourth-order valence-electron chi connectivity index (χ4n) is 2.25. The topological polar surface area (TPSA) is 83.8 Å². The first-order valence-corrected chi connectivity index (χ1v) is 8.66. The average Bonchev–Trinajstić information content (AvgIpc) is 3.30. The van der Waals surface area contributed by atoms with Crippen LogP contribution < -0.4 is 5.32 Å². The first-order chi connectivity index (χ1) is 11.8. The third-order valence-corrected chi connectivity index (χ3v) is 4.29. The second-order valence-electron chi connectivity index (χ2n) is 5.13. The van der Waals surface area contributed by atoms with E-state index in [4.69, 9.17) is 4.42 Å². The summed E-state index contributed by atoms with van der Waals surface area (Å²) in [4.78, 5) is 16.6. The third-order valence-electron chi connectivity index (χ3n) is 3.44. The normalized spacial score (nSPS) is 12.0. The van der Waals surface area contributed by atoms with Gasteiger partial charge in [0.15, 0.2) is 0 Å². The van der Waals surface area contributed by atoms with Gasteiger partial charge in [-0.15, -0.1) is 5.10 Å². The summed E-state index contributed by atoms with van der Waals surface area (Å²) in [6, 6.07) is 13.1. The van der Waals surface area contributed by atoms with Crippen LogP contribution in [0.1, 0.15) is 30.1 Å². The molecule has 0 aliphatic rings. The molecule has 1 amide bonds. The summed E-state index contributed by atoms with van der Waals surface area (Å²) in [5, 5.41) is 10.5. The van der Waals surface area contributed by atoms with Crippen molar-refractivity contribution in [3.05, 3.63) is 65.9 Å². The first kappa shape index (κ1) is 16.3. The van der Waals surface area contributed by atoms with E-state index < -0.39 is 0 Å². The highest BCUT2D eigenvalue weighted by molar-refractivity contribution is 7.99. The van der Waals surface area contributed by atoms with Gasteiger partial charge in [0.1, 0.15) is 17.6 Å². The number of nitrogens with zero attached hydrogens (tertiary/aromatic N) is 2. The molecule has 0 aliphatic heterocycles. The SMILES string of the molecule is CCc1nc(SCC(=O)N[C@@H](c2ccccc2)c2ccco2)n[nH]1. The van der Waals surface area contributed by atoms with Crippen molar-refractivity contribution in [3.63, 3.8) is 0 Å². The number of aryl methyl sites for hydroxylation is 1. The van der Waals surface area contributed by atoms with Crippen LogP contribution in [0.25, 0.3) is 0 Å². The van der Waals surface area contributed by atoms with Crippen LogP contribution in [0.15, 0.2) is 58.3 Å². The van der Waals surface area contributed by atoms with Crippen molar-refractivity contribution in [3.8, 4) is 0 Å². The molecule has 3 rings (SSSR count). The van der Waals surface area contributed by atoms with Gasteiger partial charge >= 0.3 is 0 Å². The van der Waals surface area contributed by atoms with Gasteiger partial charge in [0.25, 0.3) is 0 Å². The van der Waals surface area contributed by atoms with Crippen LogP contribution in [0, 0.1) is 0 Å². The second kappa shape index (κ2) is 7.83. The van der Waals surface area contributed by atoms with Crippen molar-refractivity contribution < 1.29 is 9.21 Å². The number of aromatic nitrogens is 3. The van der Waals surface area contributed by atoms with Crippen molar-refractivity contribution in [2.75, 3.05) is 5.75 Å². The van der Waals surface area contributed by atoms with Gasteiger partial charge in [-0.3, -0.25) is 9.89 Å². The van der Waals surface area contributed by atoms with E-state index >= 15 is 0 Å². The van der Waals surface area contributed by atoms with Gasteiger partial charge in [-0.1, -0.05) is 49.0 Å². The summed E-state index contributed by atoms with van der Waals surface area (Å²) >= 11 is 1.30. The molecule has 0 bridgehead atoms. The van der Waals surface area contributed by atoms with Crippen LogP contribution >= 0.6 is 11.8 Å². The van der Waals surface area contributed by atoms with Crippen molar-refractivity contribution in [1.29, 1.82) is 0 Å². The van der Waals surface area contributed by atoms with Gasteiger partial charge in [-0.2, -0.15) is 0 Å². The molecule has 3 aromatic rings. The monoisotopic (exact) mass is 342 g/mol. The van der Waals surface area contributed by atoms with E-state index in [-0.39, 0.29) is 17.7 Å². The molecule has 0 radical (unpaired) electrons. The highest BCUT2D eigenvalue weighted by Crippen LogP contribution is 2.23. The number of H-pyrrole nitrogens is 1. The summed E-state index contributed by atoms with van der Waals surface area (Å²) in [6.45, 7) is 2.00. The molecule has 0 saturated carbocycles. The highest BCUT2D eigenvalue weighted by atomic mass is 32.2. The summed E-state index contributed by atoms with van der Waals surface area (Å²) in [5.74, 6) is 1.65. The van der Waals surface area contributed by atoms with E-state index in [0.717, 1.165) is 17.8 Å². The number of nitrogens with one attached hydrogen (secondary N) is 2. The minimum atomic E-state index is -0.312. The van der Waals surface area contributed by atoms with Crippen LogP contribution in [0.3, 0.4) is 0 Å². The van der Waals surface area contributed by atoms with Crippen molar-refractivity contribution in [2.24, 2.45) is 0 Å². The maximum absolute atomic E-state index is 12.3. The van der Waals surface area contributed by atoms with E-state index in [2.05, 4.69) is 20.5 Å². The Labute approximate surface area is 144 Å². The molecule has 2 aromatic heterocycles. The van der Waals surface area contributed by atoms with E-state index in [1.807, 2.05) is 49.4 Å². The zero-order valence-corrected chi connectivity index (χ0v) is 14.0. The Hall–Kier alpha value is -2.54. The lowest BCUT2D eigenvalue weighted by atomic mass is 10.0. The molecule has 6 nitrogen and oxygen atoms in total. The van der Waals surface area contributed by atoms with Crippen molar-refractivity contribution in [2.45, 2.75) is 24.5 Å². The van der Waals surface area contributed by atoms with Crippen LogP contribution in [0.5, 0.6) is 0 Å². The molecule has 0 saturated heterocycles. The number of furan rings is 1. The summed E-state index contributed by atoms with van der Waals surface area (Å²) in [7, 11) is 0. The average molecular weight is 342 g/mol. The van der Waals surface area contributed by atoms with Crippen molar-refractivity contribution >= 4 is 17.7 Å². The number of thioether (sulfide) groups is 1. The summed E-state index contributed by atoms with van der Waals surface area (Å²) in [6.07, 6.45) is 2.39. The zero-order valence-electron chi connectivity index (χ0n) is 13.2. The Balaban J connectivity index is 1.65. The number of amides is 1. The third kappa shape index (κ3) is 4.05. The van der Waals surface area contributed by atoms with Crippen LogP contribution in [0.4, 0.5) is 0 Å². The van der Waals surface area contributed by atoms with Crippen LogP contribution in [-0.2, 0) is 11.2 Å². The molecule has 2 heterocycles. The zero-order chi connectivity index (χ0) is 16.8. The molecule has 1 atom stereocenters. The number of hydrogen-bond donors (Lipinski definition) is 2. The predicted molar refractivity (Wildman–Crippen MR) is 91.6 cm³/mol. The van der Waals surface area contributed by atoms with E-state index in [1.165, 1.54) is 11.8 Å². The van der Waals surface area contributed by atoms with Crippen LogP contribution in [-0.4, -0.2) is 26.8 Å². The summed E-state index contributed by atoms with van der Waals surface area (Å²) in [5.41, 5.74) is 0.969. The number of hydrogen-bond acceptors (Lipinski definition) is 5. The predicted octanol–water partition coefficient (Wildman–Crippen LogP) is 2.96. The minimum Gasteiger partial charge on any atom is -0.467 e. The molecule has 7 heteroatoms.